The van der Waals surface area contributed by atoms with E-state index in [1.54, 1.807) is 24.6 Å². The zero-order valence-corrected chi connectivity index (χ0v) is 8.14. The summed E-state index contributed by atoms with van der Waals surface area (Å²) >= 11 is 0. The molecule has 0 aromatic carbocycles. The molecule has 1 N–H and O–H groups in total. The van der Waals surface area contributed by atoms with Gasteiger partial charge in [0.2, 0.25) is 0 Å². The summed E-state index contributed by atoms with van der Waals surface area (Å²) in [6.45, 7) is 1.68. The van der Waals surface area contributed by atoms with Crippen LogP contribution < -0.4 is 4.74 Å². The fourth-order valence-electron chi connectivity index (χ4n) is 1.50. The molecular formula is C10H12N2O2. The molecule has 0 aliphatic rings. The quantitative estimate of drug-likeness (QED) is 0.782. The molecule has 0 bridgehead atoms. The van der Waals surface area contributed by atoms with Crippen LogP contribution in [0.1, 0.15) is 18.9 Å². The number of aliphatic hydroxyl groups is 1. The topological polar surface area (TPSA) is 46.8 Å². The lowest BCUT2D eigenvalue weighted by molar-refractivity contribution is 0.186. The lowest BCUT2D eigenvalue weighted by Crippen LogP contribution is -2.02. The van der Waals surface area contributed by atoms with Crippen LogP contribution >= 0.6 is 0 Å². The number of ether oxygens (including phenoxy) is 1. The molecule has 0 aliphatic carbocycles. The Labute approximate surface area is 81.8 Å². The number of rotatable bonds is 2. The smallest absolute Gasteiger partial charge is 0.199 e. The average molecular weight is 192 g/mol. The highest BCUT2D eigenvalue weighted by Gasteiger charge is 2.11. The molecule has 0 radical (unpaired) electrons. The number of imidazole rings is 1. The molecule has 4 nitrogen and oxygen atoms in total. The van der Waals surface area contributed by atoms with Gasteiger partial charge in [0.15, 0.2) is 5.88 Å². The molecule has 2 aromatic heterocycles. The molecule has 2 rings (SSSR count). The molecule has 0 saturated heterocycles. The second kappa shape index (κ2) is 3.31. The van der Waals surface area contributed by atoms with Crippen molar-refractivity contribution in [2.75, 3.05) is 7.11 Å². The summed E-state index contributed by atoms with van der Waals surface area (Å²) in [4.78, 5) is 4.14. The number of methoxy groups -OCH3 is 1. The van der Waals surface area contributed by atoms with Gasteiger partial charge >= 0.3 is 0 Å². The number of aromatic nitrogens is 2. The van der Waals surface area contributed by atoms with Crippen molar-refractivity contribution in [3.05, 3.63) is 30.2 Å². The van der Waals surface area contributed by atoms with E-state index >= 15 is 0 Å². The van der Waals surface area contributed by atoms with E-state index < -0.39 is 6.10 Å². The van der Waals surface area contributed by atoms with Crippen LogP contribution in [-0.2, 0) is 0 Å². The summed E-state index contributed by atoms with van der Waals surface area (Å²) in [5, 5.41) is 9.49. The minimum atomic E-state index is -0.603. The Kier molecular flexibility index (Phi) is 2.13. The Morgan fingerprint density at radius 3 is 2.93 bits per heavy atom. The maximum atomic E-state index is 9.49. The predicted octanol–water partition coefficient (Wildman–Crippen LogP) is 1.40. The molecule has 74 valence electrons. The second-order valence-electron chi connectivity index (χ2n) is 3.12. The number of pyridine rings is 1. The maximum Gasteiger partial charge on any atom is 0.199 e. The van der Waals surface area contributed by atoms with E-state index in [9.17, 15) is 5.11 Å². The van der Waals surface area contributed by atoms with E-state index in [1.165, 1.54) is 0 Å². The Hall–Kier alpha value is -1.55. The van der Waals surface area contributed by atoms with Gasteiger partial charge in [-0.3, -0.25) is 4.40 Å². The van der Waals surface area contributed by atoms with Gasteiger partial charge in [0, 0.05) is 0 Å². The van der Waals surface area contributed by atoms with Crippen LogP contribution in [0.5, 0.6) is 5.88 Å². The third kappa shape index (κ3) is 1.24. The minimum absolute atomic E-state index is 0.595. The first-order chi connectivity index (χ1) is 6.74. The van der Waals surface area contributed by atoms with Gasteiger partial charge in [-0.2, -0.15) is 0 Å². The van der Waals surface area contributed by atoms with E-state index in [0.29, 0.717) is 11.7 Å². The highest BCUT2D eigenvalue weighted by Crippen LogP contribution is 2.20. The summed E-state index contributed by atoms with van der Waals surface area (Å²) in [5.74, 6) is 1.27. The number of hydrogen-bond acceptors (Lipinski definition) is 3. The van der Waals surface area contributed by atoms with Crippen LogP contribution in [-0.4, -0.2) is 21.6 Å². The van der Waals surface area contributed by atoms with E-state index in [-0.39, 0.29) is 0 Å². The number of hydrogen-bond donors (Lipinski definition) is 1. The first-order valence-corrected chi connectivity index (χ1v) is 4.42. The van der Waals surface area contributed by atoms with Gasteiger partial charge in [0.1, 0.15) is 11.9 Å². The molecule has 4 heteroatoms. The van der Waals surface area contributed by atoms with Crippen LogP contribution in [0.15, 0.2) is 24.4 Å². The van der Waals surface area contributed by atoms with Gasteiger partial charge in [0.25, 0.3) is 0 Å². The van der Waals surface area contributed by atoms with Gasteiger partial charge < -0.3 is 9.84 Å². The van der Waals surface area contributed by atoms with Gasteiger partial charge in [-0.25, -0.2) is 4.98 Å². The molecule has 1 unspecified atom stereocenters. The van der Waals surface area contributed by atoms with E-state index in [0.717, 1.165) is 5.52 Å². The van der Waals surface area contributed by atoms with Crippen molar-refractivity contribution in [3.8, 4) is 5.88 Å². The summed E-state index contributed by atoms with van der Waals surface area (Å²) in [7, 11) is 1.60. The van der Waals surface area contributed by atoms with Crippen LogP contribution in [0.4, 0.5) is 0 Å². The predicted molar refractivity (Wildman–Crippen MR) is 52.4 cm³/mol. The van der Waals surface area contributed by atoms with Crippen molar-refractivity contribution >= 4 is 5.52 Å². The van der Waals surface area contributed by atoms with Crippen LogP contribution in [0.2, 0.25) is 0 Å². The molecule has 0 aliphatic heterocycles. The molecule has 0 fully saturated rings. The molecule has 1 atom stereocenters. The Balaban J connectivity index is 2.74. The van der Waals surface area contributed by atoms with Gasteiger partial charge in [-0.15, -0.1) is 0 Å². The maximum absolute atomic E-state index is 9.49. The van der Waals surface area contributed by atoms with E-state index in [4.69, 9.17) is 4.74 Å². The summed E-state index contributed by atoms with van der Waals surface area (Å²) in [6, 6.07) is 5.64. The van der Waals surface area contributed by atoms with Crippen molar-refractivity contribution in [1.82, 2.24) is 9.38 Å². The zero-order valence-electron chi connectivity index (χ0n) is 8.14. The van der Waals surface area contributed by atoms with Crippen molar-refractivity contribution in [2.45, 2.75) is 13.0 Å². The monoisotopic (exact) mass is 192 g/mol. The largest absolute Gasteiger partial charge is 0.482 e. The zero-order chi connectivity index (χ0) is 10.1. The average Bonchev–Trinajstić information content (AvgIpc) is 2.60. The fourth-order valence-corrected chi connectivity index (χ4v) is 1.50. The number of aliphatic hydroxyl groups excluding tert-OH is 1. The molecule has 14 heavy (non-hydrogen) atoms. The molecule has 0 amide bonds. The Bertz CT molecular complexity index is 448. The SMILES string of the molecule is COc1cccc2cnc(C(C)O)n12. The summed E-state index contributed by atoms with van der Waals surface area (Å²) < 4.78 is 6.98. The molecule has 0 spiro atoms. The van der Waals surface area contributed by atoms with Crippen molar-refractivity contribution < 1.29 is 9.84 Å². The highest BCUT2D eigenvalue weighted by atomic mass is 16.5. The second-order valence-corrected chi connectivity index (χ2v) is 3.12. The van der Waals surface area contributed by atoms with Crippen LogP contribution in [0.3, 0.4) is 0 Å². The normalized spacial score (nSPS) is 13.1. The van der Waals surface area contributed by atoms with E-state index in [1.807, 2.05) is 18.2 Å². The summed E-state index contributed by atoms with van der Waals surface area (Å²) in [5.41, 5.74) is 0.917. The van der Waals surface area contributed by atoms with E-state index in [2.05, 4.69) is 4.98 Å². The number of fused-ring (bicyclic) bond motifs is 1. The van der Waals surface area contributed by atoms with Gasteiger partial charge in [-0.1, -0.05) is 6.07 Å². The first kappa shape index (κ1) is 9.02. The van der Waals surface area contributed by atoms with Gasteiger partial charge in [-0.05, 0) is 19.1 Å². The first-order valence-electron chi connectivity index (χ1n) is 4.42. The third-order valence-electron chi connectivity index (χ3n) is 2.13. The van der Waals surface area contributed by atoms with Crippen LogP contribution in [0, 0.1) is 0 Å². The Morgan fingerprint density at radius 2 is 2.29 bits per heavy atom. The fraction of sp³-hybridized carbons (Fsp3) is 0.300. The lowest BCUT2D eigenvalue weighted by Gasteiger charge is -2.08. The molecular weight excluding hydrogens is 180 g/mol. The standard InChI is InChI=1S/C10H12N2O2/c1-7(13)10-11-6-8-4-3-5-9(14-2)12(8)10/h3-7,13H,1-2H3. The van der Waals surface area contributed by atoms with Crippen molar-refractivity contribution in [1.29, 1.82) is 0 Å². The molecule has 2 aromatic rings. The van der Waals surface area contributed by atoms with Crippen LogP contribution in [0.25, 0.3) is 5.52 Å². The summed E-state index contributed by atoms with van der Waals surface area (Å²) in [6.07, 6.45) is 1.11. The Morgan fingerprint density at radius 1 is 1.50 bits per heavy atom. The number of nitrogens with zero attached hydrogens (tertiary/aromatic N) is 2. The lowest BCUT2D eigenvalue weighted by atomic mass is 10.3. The van der Waals surface area contributed by atoms with Crippen molar-refractivity contribution in [3.63, 3.8) is 0 Å². The third-order valence-corrected chi connectivity index (χ3v) is 2.13. The molecule has 0 saturated carbocycles. The minimum Gasteiger partial charge on any atom is -0.482 e. The highest BCUT2D eigenvalue weighted by molar-refractivity contribution is 5.49. The van der Waals surface area contributed by atoms with Crippen molar-refractivity contribution in [2.24, 2.45) is 0 Å². The molecule has 2 heterocycles. The van der Waals surface area contributed by atoms with Gasteiger partial charge in [0.05, 0.1) is 18.8 Å².